The molecule has 0 saturated heterocycles. The van der Waals surface area contributed by atoms with Gasteiger partial charge in [-0.1, -0.05) is 80.0 Å². The first-order chi connectivity index (χ1) is 19.4. The summed E-state index contributed by atoms with van der Waals surface area (Å²) < 4.78 is 26.6. The molecule has 0 spiro atoms. The van der Waals surface area contributed by atoms with E-state index in [1.54, 1.807) is 23.1 Å². The van der Waals surface area contributed by atoms with Crippen LogP contribution in [0.2, 0.25) is 5.02 Å². The van der Waals surface area contributed by atoms with Gasteiger partial charge in [0.25, 0.3) is 0 Å². The van der Waals surface area contributed by atoms with Gasteiger partial charge in [-0.3, -0.25) is 13.9 Å². The number of rotatable bonds is 14. The Morgan fingerprint density at radius 3 is 2.22 bits per heavy atom. The Labute approximate surface area is 249 Å². The number of amides is 2. The molecule has 3 aromatic carbocycles. The smallest absolute Gasteiger partial charge is 0.243 e. The van der Waals surface area contributed by atoms with E-state index in [1.165, 1.54) is 10.6 Å². The van der Waals surface area contributed by atoms with Crippen LogP contribution in [0.15, 0.2) is 78.9 Å². The zero-order valence-electron chi connectivity index (χ0n) is 24.2. The Balaban J connectivity index is 1.87. The molecular formula is C32H40ClN3O4S. The summed E-state index contributed by atoms with van der Waals surface area (Å²) in [6.45, 7) is 6.80. The van der Waals surface area contributed by atoms with Crippen LogP contribution in [0.5, 0.6) is 0 Å². The number of hydrogen-bond donors (Lipinski definition) is 1. The molecule has 220 valence electrons. The minimum Gasteiger partial charge on any atom is -0.354 e. The van der Waals surface area contributed by atoms with Gasteiger partial charge in [0.15, 0.2) is 0 Å². The lowest BCUT2D eigenvalue weighted by Gasteiger charge is -2.32. The number of halogens is 1. The average Bonchev–Trinajstić information content (AvgIpc) is 2.92. The van der Waals surface area contributed by atoms with Gasteiger partial charge >= 0.3 is 0 Å². The molecule has 3 aromatic rings. The normalized spacial score (nSPS) is 12.1. The molecule has 0 saturated carbocycles. The van der Waals surface area contributed by atoms with Gasteiger partial charge in [0, 0.05) is 37.5 Å². The van der Waals surface area contributed by atoms with Crippen LogP contribution in [0.3, 0.4) is 0 Å². The van der Waals surface area contributed by atoms with E-state index in [0.717, 1.165) is 16.7 Å². The summed E-state index contributed by atoms with van der Waals surface area (Å²) in [5, 5.41) is 3.59. The van der Waals surface area contributed by atoms with Crippen molar-refractivity contribution in [2.45, 2.75) is 52.6 Å². The largest absolute Gasteiger partial charge is 0.354 e. The van der Waals surface area contributed by atoms with Crippen LogP contribution >= 0.6 is 11.6 Å². The molecule has 3 rings (SSSR count). The van der Waals surface area contributed by atoms with Crippen LogP contribution in [0.25, 0.3) is 0 Å². The zero-order chi connectivity index (χ0) is 30.0. The molecular weight excluding hydrogens is 558 g/mol. The van der Waals surface area contributed by atoms with Gasteiger partial charge in [0.1, 0.15) is 6.04 Å². The molecule has 2 amide bonds. The lowest BCUT2D eigenvalue weighted by atomic mass is 10.0. The first-order valence-corrected chi connectivity index (χ1v) is 16.1. The van der Waals surface area contributed by atoms with E-state index >= 15 is 0 Å². The van der Waals surface area contributed by atoms with Gasteiger partial charge < -0.3 is 10.2 Å². The molecule has 41 heavy (non-hydrogen) atoms. The first-order valence-electron chi connectivity index (χ1n) is 13.8. The van der Waals surface area contributed by atoms with Gasteiger partial charge in [0.2, 0.25) is 21.8 Å². The monoisotopic (exact) mass is 597 g/mol. The maximum absolute atomic E-state index is 13.9. The molecule has 0 aromatic heterocycles. The van der Waals surface area contributed by atoms with Crippen LogP contribution in [-0.2, 0) is 32.6 Å². The minimum atomic E-state index is -3.56. The number of carbonyl (C=O) groups excluding carboxylic acids is 2. The highest BCUT2D eigenvalue weighted by Crippen LogP contribution is 2.21. The molecule has 0 aliphatic rings. The van der Waals surface area contributed by atoms with Crippen LogP contribution in [0.1, 0.15) is 43.4 Å². The summed E-state index contributed by atoms with van der Waals surface area (Å²) in [4.78, 5) is 29.0. The van der Waals surface area contributed by atoms with E-state index in [4.69, 9.17) is 11.6 Å². The third-order valence-corrected chi connectivity index (χ3v) is 8.11. The maximum Gasteiger partial charge on any atom is 0.243 e. The quantitative estimate of drug-likeness (QED) is 0.262. The zero-order valence-corrected chi connectivity index (χ0v) is 25.8. The Morgan fingerprint density at radius 2 is 1.61 bits per heavy atom. The van der Waals surface area contributed by atoms with E-state index in [9.17, 15) is 18.0 Å². The van der Waals surface area contributed by atoms with Crippen LogP contribution in [0, 0.1) is 12.8 Å². The molecule has 1 atom stereocenters. The van der Waals surface area contributed by atoms with E-state index in [1.807, 2.05) is 81.4 Å². The predicted octanol–water partition coefficient (Wildman–Crippen LogP) is 5.61. The molecule has 0 unspecified atom stereocenters. The standard InChI is InChI=1S/C32H40ClN3O4S/c1-24(2)22-34-32(38)30(21-26-11-6-5-7-12-26)35(23-27-15-17-28(33)18-16-27)31(37)14-9-19-36(41(4,39)40)29-13-8-10-25(3)20-29/h5-8,10-13,15-18,20,24,30H,9,14,19,21-23H2,1-4H3,(H,34,38)/t30-/m1/s1. The highest BCUT2D eigenvalue weighted by Gasteiger charge is 2.30. The second-order valence-corrected chi connectivity index (χ2v) is 13.1. The topological polar surface area (TPSA) is 86.8 Å². The van der Waals surface area contributed by atoms with Crippen LogP contribution in [-0.4, -0.2) is 50.5 Å². The number of nitrogens with one attached hydrogen (secondary N) is 1. The minimum absolute atomic E-state index is 0.0776. The van der Waals surface area contributed by atoms with Crippen LogP contribution in [0.4, 0.5) is 5.69 Å². The van der Waals surface area contributed by atoms with E-state index in [0.29, 0.717) is 30.1 Å². The SMILES string of the molecule is Cc1cccc(N(CCCC(=O)N(Cc2ccc(Cl)cc2)[C@H](Cc2ccccc2)C(=O)NCC(C)C)S(C)(=O)=O)c1. The lowest BCUT2D eigenvalue weighted by Crippen LogP contribution is -2.51. The number of hydrogen-bond acceptors (Lipinski definition) is 4. The number of carbonyl (C=O) groups is 2. The third-order valence-electron chi connectivity index (χ3n) is 6.66. The van der Waals surface area contributed by atoms with Crippen molar-refractivity contribution >= 4 is 39.1 Å². The highest BCUT2D eigenvalue weighted by molar-refractivity contribution is 7.92. The first kappa shape index (κ1) is 32.2. The van der Waals surface area contributed by atoms with E-state index < -0.39 is 16.1 Å². The predicted molar refractivity (Wildman–Crippen MR) is 166 cm³/mol. The number of anilines is 1. The molecule has 0 aliphatic heterocycles. The summed E-state index contributed by atoms with van der Waals surface area (Å²) in [6, 6.07) is 23.4. The summed E-state index contributed by atoms with van der Waals surface area (Å²) in [7, 11) is -3.56. The van der Waals surface area contributed by atoms with Crippen molar-refractivity contribution in [1.82, 2.24) is 10.2 Å². The Hall–Kier alpha value is -3.36. The van der Waals surface area contributed by atoms with Crippen molar-refractivity contribution in [3.05, 3.63) is 101 Å². The number of aryl methyl sites for hydroxylation is 1. The van der Waals surface area contributed by atoms with Crippen molar-refractivity contribution in [1.29, 1.82) is 0 Å². The lowest BCUT2D eigenvalue weighted by molar-refractivity contribution is -0.141. The summed E-state index contributed by atoms with van der Waals surface area (Å²) in [5.74, 6) is -0.194. The average molecular weight is 598 g/mol. The summed E-state index contributed by atoms with van der Waals surface area (Å²) in [5.41, 5.74) is 3.29. The van der Waals surface area contributed by atoms with Crippen LogP contribution < -0.4 is 9.62 Å². The van der Waals surface area contributed by atoms with E-state index in [2.05, 4.69) is 5.32 Å². The Morgan fingerprint density at radius 1 is 0.927 bits per heavy atom. The Bertz CT molecular complexity index is 1400. The molecule has 1 N–H and O–H groups in total. The second-order valence-electron chi connectivity index (χ2n) is 10.8. The van der Waals surface area contributed by atoms with E-state index in [-0.39, 0.29) is 37.2 Å². The maximum atomic E-state index is 13.9. The van der Waals surface area contributed by atoms with Crippen molar-refractivity contribution < 1.29 is 18.0 Å². The number of nitrogens with zero attached hydrogens (tertiary/aromatic N) is 2. The number of sulfonamides is 1. The van der Waals surface area contributed by atoms with Gasteiger partial charge in [-0.2, -0.15) is 0 Å². The van der Waals surface area contributed by atoms with Gasteiger partial charge in [-0.05, 0) is 60.2 Å². The molecule has 0 heterocycles. The molecule has 0 bridgehead atoms. The fourth-order valence-corrected chi connectivity index (χ4v) is 5.63. The number of benzene rings is 3. The molecule has 9 heteroatoms. The highest BCUT2D eigenvalue weighted by atomic mass is 35.5. The van der Waals surface area contributed by atoms with Crippen molar-refractivity contribution in [3.63, 3.8) is 0 Å². The summed E-state index contributed by atoms with van der Waals surface area (Å²) >= 11 is 6.10. The summed E-state index contributed by atoms with van der Waals surface area (Å²) in [6.07, 6.45) is 1.89. The molecule has 0 aliphatic carbocycles. The molecule has 0 radical (unpaired) electrons. The fourth-order valence-electron chi connectivity index (χ4n) is 4.55. The molecule has 7 nitrogen and oxygen atoms in total. The third kappa shape index (κ3) is 10.2. The fraction of sp³-hybridized carbons (Fsp3) is 0.375. The van der Waals surface area contributed by atoms with Gasteiger partial charge in [0.05, 0.1) is 11.9 Å². The van der Waals surface area contributed by atoms with Gasteiger partial charge in [-0.15, -0.1) is 0 Å². The van der Waals surface area contributed by atoms with Crippen molar-refractivity contribution in [2.24, 2.45) is 5.92 Å². The second kappa shape index (κ2) is 15.0. The van der Waals surface area contributed by atoms with Crippen molar-refractivity contribution in [3.8, 4) is 0 Å². The van der Waals surface area contributed by atoms with Gasteiger partial charge in [-0.25, -0.2) is 8.42 Å². The Kier molecular flexibility index (Phi) is 11.8. The van der Waals surface area contributed by atoms with Crippen molar-refractivity contribution in [2.75, 3.05) is 23.7 Å². The molecule has 0 fully saturated rings.